The van der Waals surface area contributed by atoms with Crippen LogP contribution in [0, 0.1) is 17.8 Å². The molecule has 1 aliphatic heterocycles. The van der Waals surface area contributed by atoms with E-state index in [9.17, 15) is 14.4 Å². The number of aromatic nitrogens is 1. The molecule has 2 aromatic carbocycles. The summed E-state index contributed by atoms with van der Waals surface area (Å²) in [7, 11) is 1.67. The van der Waals surface area contributed by atoms with Crippen LogP contribution in [0.25, 0.3) is 0 Å². The number of nitrogens with one attached hydrogen (secondary N) is 1. The Morgan fingerprint density at radius 3 is 2.50 bits per heavy atom. The Bertz CT molecular complexity index is 1410. The lowest BCUT2D eigenvalue weighted by Crippen LogP contribution is -2.34. The largest absolute Gasteiger partial charge is 0.497 e. The summed E-state index contributed by atoms with van der Waals surface area (Å²) < 4.78 is 12.1. The van der Waals surface area contributed by atoms with Crippen molar-refractivity contribution < 1.29 is 19.1 Å². The van der Waals surface area contributed by atoms with Gasteiger partial charge in [0.15, 0.2) is 0 Å². The van der Waals surface area contributed by atoms with Crippen molar-refractivity contribution in [3.8, 4) is 5.75 Å². The molecule has 4 unspecified atom stereocenters. The van der Waals surface area contributed by atoms with Gasteiger partial charge < -0.3 is 14.8 Å². The van der Waals surface area contributed by atoms with Crippen molar-refractivity contribution in [3.05, 3.63) is 74.2 Å². The number of benzene rings is 2. The van der Waals surface area contributed by atoms with Gasteiger partial charge >= 0.3 is 10.8 Å². The molecule has 3 aromatic rings. The number of rotatable bonds is 7. The van der Waals surface area contributed by atoms with Gasteiger partial charge in [-0.05, 0) is 85.9 Å². The van der Waals surface area contributed by atoms with E-state index in [0.717, 1.165) is 15.7 Å². The van der Waals surface area contributed by atoms with Crippen molar-refractivity contribution in [2.45, 2.75) is 48.9 Å². The number of nitrogens with zero attached hydrogens (tertiary/aromatic N) is 1. The minimum atomic E-state index is -0.399. The fraction of sp³-hybridized carbons (Fsp3) is 0.414. The molecule has 0 radical (unpaired) electrons. The van der Waals surface area contributed by atoms with E-state index in [1.54, 1.807) is 42.9 Å². The number of carbonyl (C=O) groups excluding carboxylic acids is 2. The van der Waals surface area contributed by atoms with Crippen LogP contribution in [0.5, 0.6) is 5.75 Å². The zero-order valence-electron chi connectivity index (χ0n) is 21.3. The van der Waals surface area contributed by atoms with E-state index in [1.165, 1.54) is 36.2 Å². The highest BCUT2D eigenvalue weighted by Crippen LogP contribution is 2.64. The van der Waals surface area contributed by atoms with E-state index in [0.29, 0.717) is 40.9 Å². The van der Waals surface area contributed by atoms with Crippen molar-refractivity contribution in [1.82, 2.24) is 4.57 Å². The summed E-state index contributed by atoms with van der Waals surface area (Å²) in [6, 6.07) is 14.8. The second-order valence-electron chi connectivity index (χ2n) is 10.2. The summed E-state index contributed by atoms with van der Waals surface area (Å²) in [4.78, 5) is 39.2. The summed E-state index contributed by atoms with van der Waals surface area (Å²) in [5.74, 6) is 2.18. The average molecular weight is 551 g/mol. The van der Waals surface area contributed by atoms with Gasteiger partial charge in [0, 0.05) is 21.7 Å². The van der Waals surface area contributed by atoms with Crippen LogP contribution in [0.1, 0.15) is 52.9 Å². The highest BCUT2D eigenvalue weighted by atomic mass is 32.2. The van der Waals surface area contributed by atoms with Crippen molar-refractivity contribution in [2.75, 3.05) is 19.0 Å². The molecule has 2 fully saturated rings. The van der Waals surface area contributed by atoms with E-state index in [4.69, 9.17) is 9.47 Å². The number of fused-ring (bicyclic) bond motifs is 6. The third-order valence-electron chi connectivity index (χ3n) is 8.15. The molecule has 0 spiro atoms. The first-order chi connectivity index (χ1) is 18.5. The molecule has 2 heterocycles. The molecule has 2 saturated carbocycles. The maximum absolute atomic E-state index is 13.3. The first kappa shape index (κ1) is 25.2. The quantitative estimate of drug-likeness (QED) is 0.397. The number of ether oxygens (including phenoxy) is 2. The molecule has 1 aromatic heterocycles. The van der Waals surface area contributed by atoms with Crippen LogP contribution in [-0.4, -0.2) is 35.4 Å². The summed E-state index contributed by atoms with van der Waals surface area (Å²) in [6.45, 7) is 2.02. The van der Waals surface area contributed by atoms with Gasteiger partial charge in [-0.15, -0.1) is 11.8 Å². The molecule has 5 atom stereocenters. The number of carbonyl (C=O) groups is 2. The second-order valence-corrected chi connectivity index (χ2v) is 12.4. The Morgan fingerprint density at radius 1 is 1.05 bits per heavy atom. The molecular weight excluding hydrogens is 520 g/mol. The normalized spacial score (nSPS) is 24.9. The van der Waals surface area contributed by atoms with E-state index >= 15 is 0 Å². The molecule has 3 aliphatic rings. The summed E-state index contributed by atoms with van der Waals surface area (Å²) in [6.07, 6.45) is 3.78. The monoisotopic (exact) mass is 550 g/mol. The van der Waals surface area contributed by atoms with Gasteiger partial charge in [-0.3, -0.25) is 14.2 Å². The van der Waals surface area contributed by atoms with Crippen LogP contribution >= 0.6 is 23.1 Å². The Balaban J connectivity index is 1.27. The topological polar surface area (TPSA) is 86.6 Å². The first-order valence-corrected chi connectivity index (χ1v) is 14.8. The number of amides is 1. The third kappa shape index (κ3) is 4.45. The van der Waals surface area contributed by atoms with Gasteiger partial charge in [-0.2, -0.15) is 0 Å². The highest BCUT2D eigenvalue weighted by Gasteiger charge is 2.55. The number of methoxy groups -OCH3 is 1. The zero-order valence-corrected chi connectivity index (χ0v) is 23.0. The maximum atomic E-state index is 13.3. The lowest BCUT2D eigenvalue weighted by Gasteiger charge is -2.40. The van der Waals surface area contributed by atoms with E-state index in [1.807, 2.05) is 23.9 Å². The van der Waals surface area contributed by atoms with Crippen LogP contribution in [0.15, 0.2) is 58.4 Å². The van der Waals surface area contributed by atoms with Crippen molar-refractivity contribution >= 4 is 40.7 Å². The number of thiazole rings is 1. The van der Waals surface area contributed by atoms with Crippen LogP contribution in [0.2, 0.25) is 0 Å². The molecule has 7 nitrogen and oxygen atoms in total. The standard InChI is InChI=1S/C29H30N2O5S2/c1-3-36-28(33)17-6-10-20(11-7-17)30-22(32)15-31-27-26(38-29(31)34)23(16-8-12-21(35-2)13-9-16)24-18-4-5-19(14-18)25(24)37-27/h6-13,18-19,23-25H,3-5,14-15H2,1-2H3,(H,30,32)/t18?,19?,23-,24?,25?/m0/s1. The molecule has 2 aliphatic carbocycles. The van der Waals surface area contributed by atoms with E-state index < -0.39 is 5.97 Å². The maximum Gasteiger partial charge on any atom is 0.338 e. The molecule has 6 rings (SSSR count). The van der Waals surface area contributed by atoms with Crippen LogP contribution in [0.3, 0.4) is 0 Å². The fourth-order valence-electron chi connectivity index (χ4n) is 6.52. The van der Waals surface area contributed by atoms with Gasteiger partial charge in [0.25, 0.3) is 0 Å². The fourth-order valence-corrected chi connectivity index (χ4v) is 9.67. The SMILES string of the molecule is CCOC(=O)c1ccc(NC(=O)Cn2c3c(sc2=O)[C@@H](c2ccc(OC)cc2)C2C4CCC(C4)C2S3)cc1. The van der Waals surface area contributed by atoms with Crippen molar-refractivity contribution in [3.63, 3.8) is 0 Å². The summed E-state index contributed by atoms with van der Waals surface area (Å²) in [5.41, 5.74) is 2.21. The van der Waals surface area contributed by atoms with Gasteiger partial charge in [0.1, 0.15) is 12.3 Å². The Kier molecular flexibility index (Phi) is 6.82. The molecular formula is C29H30N2O5S2. The average Bonchev–Trinajstić information content (AvgIpc) is 3.62. The number of thioether (sulfide) groups is 1. The smallest absolute Gasteiger partial charge is 0.338 e. The molecule has 1 N–H and O–H groups in total. The first-order valence-electron chi connectivity index (χ1n) is 13.1. The van der Waals surface area contributed by atoms with Crippen molar-refractivity contribution in [1.29, 1.82) is 0 Å². The number of hydrogen-bond acceptors (Lipinski definition) is 7. The predicted octanol–water partition coefficient (Wildman–Crippen LogP) is 5.39. The highest BCUT2D eigenvalue weighted by molar-refractivity contribution is 8.00. The summed E-state index contributed by atoms with van der Waals surface area (Å²) >= 11 is 3.11. The zero-order chi connectivity index (χ0) is 26.4. The second kappa shape index (κ2) is 10.3. The predicted molar refractivity (Wildman–Crippen MR) is 148 cm³/mol. The Hall–Kier alpha value is -3.04. The van der Waals surface area contributed by atoms with Crippen LogP contribution in [0.4, 0.5) is 5.69 Å². The Morgan fingerprint density at radius 2 is 1.79 bits per heavy atom. The molecule has 1 amide bonds. The molecule has 2 bridgehead atoms. The van der Waals surface area contributed by atoms with E-state index in [-0.39, 0.29) is 23.2 Å². The van der Waals surface area contributed by atoms with Gasteiger partial charge in [0.2, 0.25) is 5.91 Å². The molecule has 38 heavy (non-hydrogen) atoms. The number of hydrogen-bond donors (Lipinski definition) is 1. The minimum Gasteiger partial charge on any atom is -0.497 e. The Labute approximate surface area is 229 Å². The van der Waals surface area contributed by atoms with E-state index in [2.05, 4.69) is 17.4 Å². The summed E-state index contributed by atoms with van der Waals surface area (Å²) in [5, 5.41) is 4.28. The minimum absolute atomic E-state index is 0.0435. The van der Waals surface area contributed by atoms with Gasteiger partial charge in [-0.25, -0.2) is 4.79 Å². The molecule has 9 heteroatoms. The van der Waals surface area contributed by atoms with Gasteiger partial charge in [-0.1, -0.05) is 23.5 Å². The number of esters is 1. The lowest BCUT2D eigenvalue weighted by atomic mass is 9.75. The van der Waals surface area contributed by atoms with Crippen LogP contribution < -0.4 is 14.9 Å². The number of anilines is 1. The molecule has 198 valence electrons. The lowest BCUT2D eigenvalue weighted by molar-refractivity contribution is -0.116. The van der Waals surface area contributed by atoms with Gasteiger partial charge in [0.05, 0.1) is 24.3 Å². The van der Waals surface area contributed by atoms with Crippen molar-refractivity contribution in [2.24, 2.45) is 17.8 Å². The van der Waals surface area contributed by atoms with Crippen LogP contribution in [-0.2, 0) is 16.1 Å². The third-order valence-corrected chi connectivity index (χ3v) is 11.0. The molecule has 0 saturated heterocycles.